The van der Waals surface area contributed by atoms with Crippen molar-refractivity contribution in [2.75, 3.05) is 26.5 Å². The van der Waals surface area contributed by atoms with Gasteiger partial charge >= 0.3 is 5.97 Å². The summed E-state index contributed by atoms with van der Waals surface area (Å²) in [5.41, 5.74) is 5.84. The van der Waals surface area contributed by atoms with Gasteiger partial charge in [-0.1, -0.05) is 23.8 Å². The van der Waals surface area contributed by atoms with Crippen molar-refractivity contribution in [3.05, 3.63) is 58.4 Å². The Hall–Kier alpha value is -2.30. The molecule has 0 N–H and O–H groups in total. The van der Waals surface area contributed by atoms with Gasteiger partial charge in [-0.15, -0.1) is 0 Å². The predicted octanol–water partition coefficient (Wildman–Crippen LogP) is 5.41. The number of methoxy groups -OCH3 is 1. The number of carbonyl (C=O) groups excluding carboxylic acids is 2. The van der Waals surface area contributed by atoms with Crippen LogP contribution in [0, 0.1) is 26.6 Å². The van der Waals surface area contributed by atoms with Crippen LogP contribution in [0.4, 0.5) is 4.39 Å². The summed E-state index contributed by atoms with van der Waals surface area (Å²) in [4.78, 5) is 23.3. The second-order valence-electron chi connectivity index (χ2n) is 7.85. The topological polar surface area (TPSA) is 69.7 Å². The molecule has 2 aromatic rings. The zero-order valence-corrected chi connectivity index (χ0v) is 19.7. The van der Waals surface area contributed by atoms with Crippen LogP contribution >= 0.6 is 7.37 Å². The van der Waals surface area contributed by atoms with Crippen LogP contribution in [0.25, 0.3) is 11.1 Å². The highest BCUT2D eigenvalue weighted by Crippen LogP contribution is 2.47. The average Bonchev–Trinajstić information content (AvgIpc) is 2.71. The van der Waals surface area contributed by atoms with Crippen LogP contribution < -0.4 is 0 Å². The number of carbonyl (C=O) groups is 2. The lowest BCUT2D eigenvalue weighted by Gasteiger charge is -2.18. The van der Waals surface area contributed by atoms with Gasteiger partial charge in [0.25, 0.3) is 0 Å². The van der Waals surface area contributed by atoms with E-state index in [2.05, 4.69) is 16.9 Å². The summed E-state index contributed by atoms with van der Waals surface area (Å²) in [6.07, 6.45) is 0.722. The van der Waals surface area contributed by atoms with Gasteiger partial charge in [0.05, 0.1) is 13.3 Å². The highest BCUT2D eigenvalue weighted by atomic mass is 31.2. The van der Waals surface area contributed by atoms with E-state index in [1.165, 1.54) is 20.3 Å². The van der Waals surface area contributed by atoms with E-state index in [1.807, 2.05) is 19.9 Å². The van der Waals surface area contributed by atoms with Gasteiger partial charge in [-0.3, -0.25) is 14.2 Å². The van der Waals surface area contributed by atoms with Gasteiger partial charge in [0.1, 0.15) is 12.2 Å². The maximum absolute atomic E-state index is 13.8. The number of aryl methyl sites for hydroxylation is 3. The lowest BCUT2D eigenvalue weighted by Crippen LogP contribution is -2.15. The molecule has 0 saturated carbocycles. The molecule has 168 valence electrons. The molecule has 31 heavy (non-hydrogen) atoms. The Kier molecular flexibility index (Phi) is 8.72. The van der Waals surface area contributed by atoms with E-state index in [4.69, 9.17) is 4.52 Å². The minimum atomic E-state index is -3.19. The number of hydrogen-bond acceptors (Lipinski definition) is 5. The molecule has 7 heteroatoms. The van der Waals surface area contributed by atoms with Crippen molar-refractivity contribution < 1.29 is 27.8 Å². The minimum absolute atomic E-state index is 0.228. The van der Waals surface area contributed by atoms with E-state index >= 15 is 0 Å². The number of Topliss-reactive ketones (excluding diaryl/α,β-unsaturated/α-hetero) is 1. The summed E-state index contributed by atoms with van der Waals surface area (Å²) in [7, 11) is -0.660. The summed E-state index contributed by atoms with van der Waals surface area (Å²) in [5, 5.41) is 0. The molecule has 0 aromatic heterocycles. The summed E-state index contributed by atoms with van der Waals surface area (Å²) in [6.45, 7) is 5.78. The van der Waals surface area contributed by atoms with Crippen LogP contribution in [0.5, 0.6) is 0 Å². The number of ether oxygens (including phenoxy) is 1. The summed E-state index contributed by atoms with van der Waals surface area (Å²) in [6, 6.07) is 9.23. The Labute approximate surface area is 183 Å². The molecular weight excluding hydrogens is 418 g/mol. The fraction of sp³-hybridized carbons (Fsp3) is 0.417. The first kappa shape index (κ1) is 25.0. The SMILES string of the molecule is COC(=O)CC(=O)CP(=O)(CCCc1c(C)cc(C)cc1-c1ccc(F)c(C)c1)OC. The van der Waals surface area contributed by atoms with Crippen LogP contribution in [0.3, 0.4) is 0 Å². The molecule has 1 atom stereocenters. The lowest BCUT2D eigenvalue weighted by atomic mass is 9.90. The third-order valence-corrected chi connectivity index (χ3v) is 7.83. The number of esters is 1. The van der Waals surface area contributed by atoms with Gasteiger partial charge in [-0.05, 0) is 73.6 Å². The molecule has 0 saturated heterocycles. The zero-order chi connectivity index (χ0) is 23.2. The second kappa shape index (κ2) is 10.8. The summed E-state index contributed by atoms with van der Waals surface area (Å²) >= 11 is 0. The molecule has 0 aliphatic heterocycles. The van der Waals surface area contributed by atoms with E-state index in [1.54, 1.807) is 13.0 Å². The quantitative estimate of drug-likeness (QED) is 0.276. The van der Waals surface area contributed by atoms with Gasteiger partial charge < -0.3 is 9.26 Å². The Morgan fingerprint density at radius 3 is 2.35 bits per heavy atom. The van der Waals surface area contributed by atoms with Crippen molar-refractivity contribution in [3.8, 4) is 11.1 Å². The van der Waals surface area contributed by atoms with Gasteiger partial charge in [-0.2, -0.15) is 0 Å². The third-order valence-electron chi connectivity index (χ3n) is 5.33. The highest BCUT2D eigenvalue weighted by Gasteiger charge is 2.26. The Morgan fingerprint density at radius 2 is 1.74 bits per heavy atom. The molecule has 5 nitrogen and oxygen atoms in total. The number of benzene rings is 2. The maximum atomic E-state index is 13.8. The number of halogens is 1. The Morgan fingerprint density at radius 1 is 1.03 bits per heavy atom. The van der Waals surface area contributed by atoms with Gasteiger partial charge in [0.2, 0.25) is 7.37 Å². The molecule has 0 aliphatic rings. The van der Waals surface area contributed by atoms with E-state index < -0.39 is 25.5 Å². The van der Waals surface area contributed by atoms with Crippen molar-refractivity contribution in [2.24, 2.45) is 0 Å². The molecule has 0 radical (unpaired) electrons. The highest BCUT2D eigenvalue weighted by molar-refractivity contribution is 7.59. The average molecular weight is 448 g/mol. The van der Waals surface area contributed by atoms with Gasteiger partial charge in [0, 0.05) is 13.3 Å². The third kappa shape index (κ3) is 6.84. The smallest absolute Gasteiger partial charge is 0.313 e. The molecule has 2 rings (SSSR count). The maximum Gasteiger partial charge on any atom is 0.313 e. The number of hydrogen-bond donors (Lipinski definition) is 0. The Bertz CT molecular complexity index is 1020. The van der Waals surface area contributed by atoms with Crippen molar-refractivity contribution in [1.82, 2.24) is 0 Å². The first-order valence-corrected chi connectivity index (χ1v) is 12.2. The molecule has 2 aromatic carbocycles. The first-order valence-electron chi connectivity index (χ1n) is 10.2. The fourth-order valence-electron chi connectivity index (χ4n) is 3.69. The normalized spacial score (nSPS) is 13.0. The van der Waals surface area contributed by atoms with Crippen LogP contribution in [-0.2, 0) is 29.8 Å². The lowest BCUT2D eigenvalue weighted by molar-refractivity contribution is -0.142. The summed E-state index contributed by atoms with van der Waals surface area (Å²) in [5.74, 6) is -1.35. The molecule has 0 fully saturated rings. The fourth-order valence-corrected chi connectivity index (χ4v) is 5.45. The molecule has 0 aliphatic carbocycles. The second-order valence-corrected chi connectivity index (χ2v) is 10.6. The van der Waals surface area contributed by atoms with Crippen LogP contribution in [-0.4, -0.2) is 38.3 Å². The zero-order valence-electron chi connectivity index (χ0n) is 18.8. The van der Waals surface area contributed by atoms with Crippen molar-refractivity contribution >= 4 is 19.1 Å². The van der Waals surface area contributed by atoms with E-state index in [0.29, 0.717) is 18.4 Å². The van der Waals surface area contributed by atoms with Crippen LogP contribution in [0.1, 0.15) is 35.1 Å². The van der Waals surface area contributed by atoms with Crippen LogP contribution in [0.15, 0.2) is 30.3 Å². The van der Waals surface area contributed by atoms with E-state index in [0.717, 1.165) is 27.8 Å². The van der Waals surface area contributed by atoms with Crippen LogP contribution in [0.2, 0.25) is 0 Å². The molecule has 1 unspecified atom stereocenters. The molecule has 0 amide bonds. The molecule has 0 bridgehead atoms. The van der Waals surface area contributed by atoms with Crippen molar-refractivity contribution in [1.29, 1.82) is 0 Å². The largest absolute Gasteiger partial charge is 0.469 e. The van der Waals surface area contributed by atoms with E-state index in [-0.39, 0.29) is 18.1 Å². The first-order chi connectivity index (χ1) is 14.6. The number of ketones is 1. The summed E-state index contributed by atoms with van der Waals surface area (Å²) < 4.78 is 36.4. The van der Waals surface area contributed by atoms with Crippen molar-refractivity contribution in [3.63, 3.8) is 0 Å². The number of rotatable bonds is 10. The Balaban J connectivity index is 2.19. The standard InChI is InChI=1S/C24H30FO5P/c1-16-11-17(2)21(22(12-16)19-8-9-23(25)18(3)13-19)7-6-10-31(28,30-5)15-20(26)14-24(27)29-4/h8-9,11-13H,6-7,10,14-15H2,1-5H3. The molecule has 0 heterocycles. The molecular formula is C24H30FO5P. The predicted molar refractivity (Wildman–Crippen MR) is 120 cm³/mol. The monoisotopic (exact) mass is 448 g/mol. The van der Waals surface area contributed by atoms with Gasteiger partial charge in [0.15, 0.2) is 5.78 Å². The molecule has 0 spiro atoms. The van der Waals surface area contributed by atoms with Gasteiger partial charge in [-0.25, -0.2) is 4.39 Å². The minimum Gasteiger partial charge on any atom is -0.469 e. The van der Waals surface area contributed by atoms with E-state index in [9.17, 15) is 18.5 Å². The van der Waals surface area contributed by atoms with Crippen molar-refractivity contribution in [2.45, 2.75) is 40.0 Å².